The first kappa shape index (κ1) is 20.6. The maximum Gasteiger partial charge on any atom is 0.279 e. The predicted octanol–water partition coefficient (Wildman–Crippen LogP) is 2.49. The molecule has 3 rings (SSSR count). The summed E-state index contributed by atoms with van der Waals surface area (Å²) in [4.78, 5) is 15.7. The zero-order chi connectivity index (χ0) is 20.1. The summed E-state index contributed by atoms with van der Waals surface area (Å²) in [5.41, 5.74) is 4.17. The number of amides is 1. The summed E-state index contributed by atoms with van der Waals surface area (Å²) in [5.74, 6) is -0.0207. The molecule has 0 radical (unpaired) electrons. The zero-order valence-electron chi connectivity index (χ0n) is 16.2. The van der Waals surface area contributed by atoms with E-state index in [1.165, 1.54) is 16.0 Å². The lowest BCUT2D eigenvalue weighted by Gasteiger charge is -2.33. The standard InChI is InChI=1S/C21H25ClN4OS/c1-15-6-5-9-18(16(15)2)24-21(28)26-12-10-25(11-13-26)14-20(27)23-19-8-4-3-7-17(19)22/h3-9H,10-14H2,1-2H3,(H,23,27)(H,24,28)/p+1. The second-order valence-electron chi connectivity index (χ2n) is 7.12. The van der Waals surface area contributed by atoms with Crippen molar-refractivity contribution in [2.45, 2.75) is 13.8 Å². The largest absolute Gasteiger partial charge is 0.338 e. The molecule has 2 aromatic rings. The molecule has 2 aromatic carbocycles. The summed E-state index contributed by atoms with van der Waals surface area (Å²) in [5, 5.41) is 7.56. The fraction of sp³-hybridized carbons (Fsp3) is 0.333. The quantitative estimate of drug-likeness (QED) is 0.669. The van der Waals surface area contributed by atoms with E-state index in [-0.39, 0.29) is 5.91 Å². The molecule has 148 valence electrons. The van der Waals surface area contributed by atoms with Crippen molar-refractivity contribution in [3.63, 3.8) is 0 Å². The van der Waals surface area contributed by atoms with Crippen molar-refractivity contribution in [3.05, 3.63) is 58.6 Å². The number of carbonyl (C=O) groups excluding carboxylic acids is 1. The molecule has 0 unspecified atom stereocenters. The number of rotatable bonds is 4. The van der Waals surface area contributed by atoms with Gasteiger partial charge in [-0.3, -0.25) is 4.79 Å². The Morgan fingerprint density at radius 2 is 1.75 bits per heavy atom. The molecule has 1 aliphatic rings. The fourth-order valence-corrected chi connectivity index (χ4v) is 3.74. The number of aryl methyl sites for hydroxylation is 1. The Kier molecular flexibility index (Phi) is 6.88. The van der Waals surface area contributed by atoms with Crippen molar-refractivity contribution in [1.82, 2.24) is 4.90 Å². The lowest BCUT2D eigenvalue weighted by Crippen LogP contribution is -3.15. The van der Waals surface area contributed by atoms with Gasteiger partial charge in [0.1, 0.15) is 0 Å². The van der Waals surface area contributed by atoms with Gasteiger partial charge in [0.25, 0.3) is 5.91 Å². The van der Waals surface area contributed by atoms with E-state index in [1.807, 2.05) is 24.3 Å². The third-order valence-corrected chi connectivity index (χ3v) is 5.85. The van der Waals surface area contributed by atoms with Crippen LogP contribution in [0, 0.1) is 13.8 Å². The summed E-state index contributed by atoms with van der Waals surface area (Å²) < 4.78 is 0. The van der Waals surface area contributed by atoms with Gasteiger partial charge in [-0.2, -0.15) is 0 Å². The maximum atomic E-state index is 12.3. The molecule has 1 saturated heterocycles. The Bertz CT molecular complexity index is 865. The molecule has 1 amide bonds. The number of hydrogen-bond acceptors (Lipinski definition) is 2. The van der Waals surface area contributed by atoms with Crippen LogP contribution < -0.4 is 15.5 Å². The highest BCUT2D eigenvalue weighted by atomic mass is 35.5. The van der Waals surface area contributed by atoms with Crippen LogP contribution in [-0.2, 0) is 4.79 Å². The fourth-order valence-electron chi connectivity index (χ4n) is 3.27. The minimum Gasteiger partial charge on any atom is -0.338 e. The van der Waals surface area contributed by atoms with E-state index >= 15 is 0 Å². The first-order valence-electron chi connectivity index (χ1n) is 9.44. The van der Waals surface area contributed by atoms with E-state index in [2.05, 4.69) is 41.5 Å². The lowest BCUT2D eigenvalue weighted by atomic mass is 10.1. The molecule has 0 aliphatic carbocycles. The van der Waals surface area contributed by atoms with Gasteiger partial charge >= 0.3 is 0 Å². The van der Waals surface area contributed by atoms with Crippen molar-refractivity contribution >= 4 is 46.2 Å². The number of nitrogens with zero attached hydrogens (tertiary/aromatic N) is 1. The monoisotopic (exact) mass is 417 g/mol. The molecule has 7 heteroatoms. The third-order valence-electron chi connectivity index (χ3n) is 5.16. The van der Waals surface area contributed by atoms with Gasteiger partial charge in [0, 0.05) is 5.69 Å². The van der Waals surface area contributed by atoms with E-state index in [0.29, 0.717) is 17.3 Å². The van der Waals surface area contributed by atoms with Gasteiger partial charge in [0.05, 0.1) is 36.9 Å². The molecule has 1 heterocycles. The van der Waals surface area contributed by atoms with Crippen LogP contribution in [0.4, 0.5) is 11.4 Å². The van der Waals surface area contributed by atoms with Gasteiger partial charge in [-0.25, -0.2) is 0 Å². The minimum atomic E-state index is -0.0207. The van der Waals surface area contributed by atoms with Crippen LogP contribution in [0.1, 0.15) is 11.1 Å². The van der Waals surface area contributed by atoms with E-state index in [1.54, 1.807) is 6.07 Å². The summed E-state index contributed by atoms with van der Waals surface area (Å²) in [6.45, 7) is 8.00. The van der Waals surface area contributed by atoms with Gasteiger partial charge in [0.2, 0.25) is 0 Å². The predicted molar refractivity (Wildman–Crippen MR) is 119 cm³/mol. The molecular weight excluding hydrogens is 392 g/mol. The van der Waals surface area contributed by atoms with Crippen LogP contribution in [0.5, 0.6) is 0 Å². The average Bonchev–Trinajstić information content (AvgIpc) is 2.68. The van der Waals surface area contributed by atoms with Crippen LogP contribution in [-0.4, -0.2) is 48.6 Å². The van der Waals surface area contributed by atoms with Crippen molar-refractivity contribution in [1.29, 1.82) is 0 Å². The number of hydrogen-bond donors (Lipinski definition) is 3. The molecule has 0 bridgehead atoms. The van der Waals surface area contributed by atoms with E-state index < -0.39 is 0 Å². The first-order chi connectivity index (χ1) is 13.4. The average molecular weight is 418 g/mol. The molecule has 0 saturated carbocycles. The molecule has 5 nitrogen and oxygen atoms in total. The molecular formula is C21H26ClN4OS+. The number of quaternary nitrogens is 1. The smallest absolute Gasteiger partial charge is 0.279 e. The summed E-state index contributed by atoms with van der Waals surface area (Å²) >= 11 is 11.7. The number of anilines is 2. The Morgan fingerprint density at radius 1 is 1.07 bits per heavy atom. The Balaban J connectivity index is 1.47. The normalized spacial score (nSPS) is 14.6. The highest BCUT2D eigenvalue weighted by molar-refractivity contribution is 7.80. The van der Waals surface area contributed by atoms with Crippen molar-refractivity contribution in [2.24, 2.45) is 0 Å². The molecule has 0 atom stereocenters. The van der Waals surface area contributed by atoms with Crippen LogP contribution in [0.15, 0.2) is 42.5 Å². The molecule has 3 N–H and O–H groups in total. The number of halogens is 1. The Hall–Kier alpha value is -2.15. The van der Waals surface area contributed by atoms with Crippen LogP contribution in [0.25, 0.3) is 0 Å². The van der Waals surface area contributed by atoms with E-state index in [4.69, 9.17) is 23.8 Å². The minimum absolute atomic E-state index is 0.0207. The van der Waals surface area contributed by atoms with Crippen LogP contribution in [0.2, 0.25) is 5.02 Å². The number of benzene rings is 2. The van der Waals surface area contributed by atoms with Gasteiger partial charge in [-0.15, -0.1) is 0 Å². The summed E-state index contributed by atoms with van der Waals surface area (Å²) in [6.07, 6.45) is 0. The Morgan fingerprint density at radius 3 is 2.46 bits per heavy atom. The highest BCUT2D eigenvalue weighted by Crippen LogP contribution is 2.20. The van der Waals surface area contributed by atoms with Crippen molar-refractivity contribution < 1.29 is 9.69 Å². The number of para-hydroxylation sites is 1. The third kappa shape index (κ3) is 5.22. The highest BCUT2D eigenvalue weighted by Gasteiger charge is 2.24. The zero-order valence-corrected chi connectivity index (χ0v) is 17.8. The topological polar surface area (TPSA) is 48.8 Å². The Labute approximate surface area is 176 Å². The van der Waals surface area contributed by atoms with Crippen LogP contribution >= 0.6 is 23.8 Å². The molecule has 1 fully saturated rings. The summed E-state index contributed by atoms with van der Waals surface area (Å²) in [7, 11) is 0. The van der Waals surface area contributed by atoms with E-state index in [9.17, 15) is 4.79 Å². The molecule has 0 spiro atoms. The number of thiocarbonyl (C=S) groups is 1. The molecule has 0 aromatic heterocycles. The van der Waals surface area contributed by atoms with Gasteiger partial charge in [-0.05, 0) is 55.4 Å². The maximum absolute atomic E-state index is 12.3. The number of piperazine rings is 1. The van der Waals surface area contributed by atoms with E-state index in [0.717, 1.165) is 37.0 Å². The SMILES string of the molecule is Cc1cccc(NC(=S)N2CC[NH+](CC(=O)Nc3ccccc3Cl)CC2)c1C. The van der Waals surface area contributed by atoms with Crippen molar-refractivity contribution in [3.8, 4) is 0 Å². The number of nitrogens with one attached hydrogen (secondary N) is 3. The van der Waals surface area contributed by atoms with Gasteiger partial charge < -0.3 is 20.4 Å². The van der Waals surface area contributed by atoms with Crippen LogP contribution in [0.3, 0.4) is 0 Å². The summed E-state index contributed by atoms with van der Waals surface area (Å²) in [6, 6.07) is 13.5. The second-order valence-corrected chi connectivity index (χ2v) is 7.91. The van der Waals surface area contributed by atoms with Crippen molar-refractivity contribution in [2.75, 3.05) is 43.4 Å². The number of carbonyl (C=O) groups is 1. The van der Waals surface area contributed by atoms with Gasteiger partial charge in [0.15, 0.2) is 11.7 Å². The lowest BCUT2D eigenvalue weighted by molar-refractivity contribution is -0.895. The van der Waals surface area contributed by atoms with Gasteiger partial charge in [-0.1, -0.05) is 35.9 Å². The molecule has 1 aliphatic heterocycles. The molecule has 28 heavy (non-hydrogen) atoms. The first-order valence-corrected chi connectivity index (χ1v) is 10.2. The second kappa shape index (κ2) is 9.37.